The van der Waals surface area contributed by atoms with E-state index in [2.05, 4.69) is 16.0 Å². The summed E-state index contributed by atoms with van der Waals surface area (Å²) in [5.74, 6) is 0.162. The quantitative estimate of drug-likeness (QED) is 0.810. The molecular weight excluding hydrogens is 355 g/mol. The molecule has 1 heterocycles. The van der Waals surface area contributed by atoms with Crippen molar-refractivity contribution < 1.29 is 9.18 Å². The summed E-state index contributed by atoms with van der Waals surface area (Å²) in [6, 6.07) is 8.97. The summed E-state index contributed by atoms with van der Waals surface area (Å²) in [7, 11) is 1.82. The van der Waals surface area contributed by atoms with Crippen LogP contribution in [0.5, 0.6) is 0 Å². The van der Waals surface area contributed by atoms with Crippen molar-refractivity contribution in [1.82, 2.24) is 9.47 Å². The van der Waals surface area contributed by atoms with E-state index < -0.39 is 0 Å². The van der Waals surface area contributed by atoms with Crippen LogP contribution in [0.2, 0.25) is 0 Å². The van der Waals surface area contributed by atoms with Gasteiger partial charge in [-0.25, -0.2) is 4.39 Å². The summed E-state index contributed by atoms with van der Waals surface area (Å²) in [5, 5.41) is 12.6. The molecule has 0 spiro atoms. The number of anilines is 1. The van der Waals surface area contributed by atoms with Crippen LogP contribution < -0.4 is 5.32 Å². The second-order valence-corrected chi connectivity index (χ2v) is 7.70. The lowest BCUT2D eigenvalue weighted by Gasteiger charge is -2.21. The van der Waals surface area contributed by atoms with Crippen LogP contribution >= 0.6 is 0 Å². The fourth-order valence-electron chi connectivity index (χ4n) is 4.13. The molecule has 0 radical (unpaired) electrons. The Morgan fingerprint density at radius 2 is 2.07 bits per heavy atom. The molecule has 1 amide bonds. The van der Waals surface area contributed by atoms with E-state index >= 15 is 0 Å². The molecule has 1 aliphatic rings. The van der Waals surface area contributed by atoms with Crippen molar-refractivity contribution >= 4 is 11.7 Å². The van der Waals surface area contributed by atoms with Gasteiger partial charge in [0.25, 0.3) is 0 Å². The Balaban J connectivity index is 1.74. The number of benzene rings is 1. The van der Waals surface area contributed by atoms with E-state index in [9.17, 15) is 14.4 Å². The van der Waals surface area contributed by atoms with Crippen LogP contribution in [0.4, 0.5) is 10.2 Å². The van der Waals surface area contributed by atoms with Crippen LogP contribution in [0.25, 0.3) is 0 Å². The highest BCUT2D eigenvalue weighted by atomic mass is 19.1. The van der Waals surface area contributed by atoms with Crippen LogP contribution in [0.15, 0.2) is 24.3 Å². The molecule has 148 valence electrons. The summed E-state index contributed by atoms with van der Waals surface area (Å²) in [6.07, 6.45) is 4.49. The second-order valence-electron chi connectivity index (χ2n) is 7.70. The zero-order valence-electron chi connectivity index (χ0n) is 16.8. The first-order chi connectivity index (χ1) is 13.4. The molecule has 1 aromatic carbocycles. The number of carbonyl (C=O) groups excluding carboxylic acids is 1. The number of hydrogen-bond acceptors (Lipinski definition) is 3. The molecule has 1 fully saturated rings. The maximum atomic E-state index is 13.4. The van der Waals surface area contributed by atoms with Crippen molar-refractivity contribution in [3.63, 3.8) is 0 Å². The van der Waals surface area contributed by atoms with Crippen LogP contribution in [-0.4, -0.2) is 29.0 Å². The van der Waals surface area contributed by atoms with Gasteiger partial charge in [-0.05, 0) is 57.0 Å². The van der Waals surface area contributed by atoms with Gasteiger partial charge in [-0.15, -0.1) is 0 Å². The van der Waals surface area contributed by atoms with Crippen LogP contribution in [0.1, 0.15) is 54.1 Å². The first-order valence-corrected chi connectivity index (χ1v) is 9.75. The third-order valence-electron chi connectivity index (χ3n) is 5.57. The predicted octanol–water partition coefficient (Wildman–Crippen LogP) is 4.30. The maximum Gasteiger partial charge on any atom is 0.239 e. The van der Waals surface area contributed by atoms with Crippen molar-refractivity contribution in [1.29, 1.82) is 5.26 Å². The molecule has 1 aromatic heterocycles. The largest absolute Gasteiger partial charge is 0.327 e. The zero-order valence-corrected chi connectivity index (χ0v) is 16.8. The third-order valence-corrected chi connectivity index (χ3v) is 5.57. The van der Waals surface area contributed by atoms with E-state index in [1.165, 1.54) is 25.0 Å². The summed E-state index contributed by atoms with van der Waals surface area (Å²) in [6.45, 7) is 4.58. The molecule has 28 heavy (non-hydrogen) atoms. The highest BCUT2D eigenvalue weighted by Crippen LogP contribution is 2.37. The predicted molar refractivity (Wildman–Crippen MR) is 107 cm³/mol. The molecule has 0 aliphatic heterocycles. The molecule has 1 N–H and O–H groups in total. The third kappa shape index (κ3) is 4.26. The van der Waals surface area contributed by atoms with Crippen LogP contribution in [0, 0.1) is 31.0 Å². The van der Waals surface area contributed by atoms with E-state index in [-0.39, 0.29) is 18.3 Å². The van der Waals surface area contributed by atoms with Crippen LogP contribution in [0.3, 0.4) is 0 Å². The number of carbonyl (C=O) groups is 1. The molecule has 0 bridgehead atoms. The average molecular weight is 382 g/mol. The molecule has 0 saturated heterocycles. The van der Waals surface area contributed by atoms with Gasteiger partial charge < -0.3 is 9.88 Å². The first kappa shape index (κ1) is 20.1. The lowest BCUT2D eigenvalue weighted by atomic mass is 10.2. The molecule has 6 heteroatoms. The number of amides is 1. The second kappa shape index (κ2) is 8.57. The summed E-state index contributed by atoms with van der Waals surface area (Å²) in [5.41, 5.74) is 3.34. The molecule has 0 atom stereocenters. The van der Waals surface area contributed by atoms with Crippen molar-refractivity contribution in [2.24, 2.45) is 0 Å². The van der Waals surface area contributed by atoms with Gasteiger partial charge in [0.05, 0.1) is 12.1 Å². The van der Waals surface area contributed by atoms with Crippen LogP contribution in [-0.2, 0) is 11.3 Å². The van der Waals surface area contributed by atoms with Gasteiger partial charge >= 0.3 is 0 Å². The topological polar surface area (TPSA) is 61.1 Å². The number of aromatic nitrogens is 1. The fourth-order valence-corrected chi connectivity index (χ4v) is 4.13. The van der Waals surface area contributed by atoms with Gasteiger partial charge in [-0.3, -0.25) is 9.69 Å². The molecule has 3 rings (SSSR count). The number of hydrogen-bond donors (Lipinski definition) is 1. The summed E-state index contributed by atoms with van der Waals surface area (Å²) in [4.78, 5) is 14.5. The minimum Gasteiger partial charge on any atom is -0.327 e. The zero-order chi connectivity index (χ0) is 20.3. The van der Waals surface area contributed by atoms with Gasteiger partial charge in [0, 0.05) is 18.3 Å². The minimum absolute atomic E-state index is 0.162. The number of nitrogens with one attached hydrogen (secondary N) is 1. The van der Waals surface area contributed by atoms with E-state index in [0.29, 0.717) is 24.0 Å². The van der Waals surface area contributed by atoms with E-state index in [1.807, 2.05) is 31.9 Å². The first-order valence-electron chi connectivity index (χ1n) is 9.75. The van der Waals surface area contributed by atoms with Gasteiger partial charge in [0.2, 0.25) is 5.91 Å². The highest BCUT2D eigenvalue weighted by Gasteiger charge is 2.26. The number of rotatable bonds is 6. The van der Waals surface area contributed by atoms with E-state index in [4.69, 9.17) is 0 Å². The number of nitriles is 1. The maximum absolute atomic E-state index is 13.4. The lowest BCUT2D eigenvalue weighted by molar-refractivity contribution is -0.117. The average Bonchev–Trinajstić information content (AvgIpc) is 3.22. The Kier molecular flexibility index (Phi) is 6.15. The molecule has 1 saturated carbocycles. The standard InChI is InChI=1S/C22H27FN4O/c1-15-16(2)27(19-9-4-5-10-19)22(20(15)12-24)25-21(28)14-26(3)13-17-7-6-8-18(23)11-17/h6-8,11,19H,4-5,9-10,13-14H2,1-3H3,(H,25,28). The Bertz CT molecular complexity index is 906. The van der Waals surface area contributed by atoms with Crippen molar-refractivity contribution in [2.45, 2.75) is 52.1 Å². The van der Waals surface area contributed by atoms with Gasteiger partial charge in [-0.1, -0.05) is 25.0 Å². The van der Waals surface area contributed by atoms with Gasteiger partial charge in [0.1, 0.15) is 17.7 Å². The molecule has 2 aromatic rings. The van der Waals surface area contributed by atoms with Gasteiger partial charge in [-0.2, -0.15) is 5.26 Å². The van der Waals surface area contributed by atoms with Gasteiger partial charge in [0.15, 0.2) is 0 Å². The van der Waals surface area contributed by atoms with E-state index in [1.54, 1.807) is 6.07 Å². The van der Waals surface area contributed by atoms with E-state index in [0.717, 1.165) is 29.7 Å². The highest BCUT2D eigenvalue weighted by molar-refractivity contribution is 5.93. The number of likely N-dealkylation sites (N-methyl/N-ethyl adjacent to an activating group) is 1. The smallest absolute Gasteiger partial charge is 0.239 e. The monoisotopic (exact) mass is 382 g/mol. The molecule has 5 nitrogen and oxygen atoms in total. The Hall–Kier alpha value is -2.65. The molecular formula is C22H27FN4O. The summed E-state index contributed by atoms with van der Waals surface area (Å²) >= 11 is 0. The Labute approximate surface area is 165 Å². The number of halogens is 1. The SMILES string of the molecule is Cc1c(C#N)c(NC(=O)CN(C)Cc2cccc(F)c2)n(C2CCCC2)c1C. The summed E-state index contributed by atoms with van der Waals surface area (Å²) < 4.78 is 15.5. The minimum atomic E-state index is -0.283. The number of nitrogens with zero attached hydrogens (tertiary/aromatic N) is 3. The van der Waals surface area contributed by atoms with Crippen molar-refractivity contribution in [3.8, 4) is 6.07 Å². The lowest BCUT2D eigenvalue weighted by Crippen LogP contribution is -2.31. The normalized spacial score (nSPS) is 14.4. The molecule has 0 unspecified atom stereocenters. The Morgan fingerprint density at radius 1 is 1.36 bits per heavy atom. The van der Waals surface area contributed by atoms with Crippen molar-refractivity contribution in [3.05, 3.63) is 52.5 Å². The molecule has 1 aliphatic carbocycles. The Morgan fingerprint density at radius 3 is 2.71 bits per heavy atom. The van der Waals surface area contributed by atoms with Crippen molar-refractivity contribution in [2.75, 3.05) is 18.9 Å². The fraction of sp³-hybridized carbons (Fsp3) is 0.455.